The number of carbonyl (C=O) groups excluding carboxylic acids is 1. The van der Waals surface area contributed by atoms with Gasteiger partial charge in [-0.3, -0.25) is 9.52 Å². The molecule has 0 saturated heterocycles. The summed E-state index contributed by atoms with van der Waals surface area (Å²) in [6.07, 6.45) is 2.28. The second-order valence-corrected chi connectivity index (χ2v) is 8.26. The number of amides is 1. The zero-order chi connectivity index (χ0) is 22.3. The van der Waals surface area contributed by atoms with Gasteiger partial charge in [0.2, 0.25) is 5.91 Å². The third kappa shape index (κ3) is 5.95. The van der Waals surface area contributed by atoms with Crippen LogP contribution in [0.1, 0.15) is 12.0 Å². The van der Waals surface area contributed by atoms with Crippen molar-refractivity contribution in [3.05, 3.63) is 72.4 Å². The fourth-order valence-corrected chi connectivity index (χ4v) is 3.86. The molecular formula is C22H23N3O5S. The average Bonchev–Trinajstić information content (AvgIpc) is 2.78. The van der Waals surface area contributed by atoms with Crippen LogP contribution in [-0.4, -0.2) is 33.5 Å². The Labute approximate surface area is 181 Å². The van der Waals surface area contributed by atoms with Crippen molar-refractivity contribution in [3.63, 3.8) is 0 Å². The monoisotopic (exact) mass is 441 g/mol. The molecule has 0 bridgehead atoms. The standard InChI is InChI=1S/C22H23N3O5S/c1-29-19-12-6-16(15-20(19)30-2)7-13-22(26)24-17-8-10-18(11-9-17)31(27,28)25-21-5-3-4-14-23-21/h3-6,8-12,14-15H,7,13H2,1-2H3,(H,23,25)(H,24,26). The number of carbonyl (C=O) groups is 1. The molecule has 0 fully saturated rings. The van der Waals surface area contributed by atoms with Gasteiger partial charge >= 0.3 is 0 Å². The van der Waals surface area contributed by atoms with E-state index in [-0.39, 0.29) is 23.0 Å². The second-order valence-electron chi connectivity index (χ2n) is 6.58. The lowest BCUT2D eigenvalue weighted by atomic mass is 10.1. The summed E-state index contributed by atoms with van der Waals surface area (Å²) in [6, 6.07) is 16.4. The number of sulfonamides is 1. The van der Waals surface area contributed by atoms with E-state index in [1.165, 1.54) is 18.3 Å². The molecule has 0 aliphatic rings. The van der Waals surface area contributed by atoms with Crippen molar-refractivity contribution in [3.8, 4) is 11.5 Å². The first-order valence-corrected chi connectivity index (χ1v) is 10.9. The molecule has 0 atom stereocenters. The molecule has 2 aromatic carbocycles. The molecule has 162 valence electrons. The van der Waals surface area contributed by atoms with Gasteiger partial charge in [0.1, 0.15) is 5.82 Å². The lowest BCUT2D eigenvalue weighted by molar-refractivity contribution is -0.116. The molecule has 0 aliphatic carbocycles. The Balaban J connectivity index is 1.57. The maximum atomic E-state index is 12.4. The highest BCUT2D eigenvalue weighted by Crippen LogP contribution is 2.28. The summed E-state index contributed by atoms with van der Waals surface area (Å²) in [7, 11) is -0.639. The van der Waals surface area contributed by atoms with Crippen LogP contribution >= 0.6 is 0 Å². The van der Waals surface area contributed by atoms with Crippen molar-refractivity contribution in [1.82, 2.24) is 4.98 Å². The highest BCUT2D eigenvalue weighted by Gasteiger charge is 2.15. The van der Waals surface area contributed by atoms with Crippen LogP contribution in [0.4, 0.5) is 11.5 Å². The third-order valence-electron chi connectivity index (χ3n) is 4.44. The van der Waals surface area contributed by atoms with Crippen LogP contribution < -0.4 is 19.5 Å². The maximum Gasteiger partial charge on any atom is 0.263 e. The highest BCUT2D eigenvalue weighted by molar-refractivity contribution is 7.92. The normalized spacial score (nSPS) is 10.9. The van der Waals surface area contributed by atoms with Gasteiger partial charge in [0, 0.05) is 18.3 Å². The summed E-state index contributed by atoms with van der Waals surface area (Å²) in [5, 5.41) is 2.77. The van der Waals surface area contributed by atoms with E-state index in [2.05, 4.69) is 15.0 Å². The van der Waals surface area contributed by atoms with Crippen LogP contribution in [0.5, 0.6) is 11.5 Å². The minimum Gasteiger partial charge on any atom is -0.493 e. The first kappa shape index (κ1) is 22.1. The molecule has 1 amide bonds. The van der Waals surface area contributed by atoms with Crippen molar-refractivity contribution in [2.75, 3.05) is 24.3 Å². The second kappa shape index (κ2) is 9.94. The Bertz CT molecular complexity index is 1130. The number of nitrogens with zero attached hydrogens (tertiary/aromatic N) is 1. The molecule has 8 nitrogen and oxygen atoms in total. The summed E-state index contributed by atoms with van der Waals surface area (Å²) >= 11 is 0. The van der Waals surface area contributed by atoms with E-state index >= 15 is 0 Å². The fraction of sp³-hybridized carbons (Fsp3) is 0.182. The van der Waals surface area contributed by atoms with Crippen LogP contribution in [0.15, 0.2) is 71.8 Å². The molecule has 31 heavy (non-hydrogen) atoms. The number of rotatable bonds is 9. The van der Waals surface area contributed by atoms with Crippen molar-refractivity contribution < 1.29 is 22.7 Å². The largest absolute Gasteiger partial charge is 0.493 e. The summed E-state index contributed by atoms with van der Waals surface area (Å²) in [5.41, 5.74) is 1.45. The number of methoxy groups -OCH3 is 2. The Kier molecular flexibility index (Phi) is 7.09. The van der Waals surface area contributed by atoms with Gasteiger partial charge in [-0.05, 0) is 60.5 Å². The van der Waals surface area contributed by atoms with Crippen LogP contribution in [0.25, 0.3) is 0 Å². The number of hydrogen-bond acceptors (Lipinski definition) is 6. The predicted octanol–water partition coefficient (Wildman–Crippen LogP) is 3.47. The topological polar surface area (TPSA) is 107 Å². The van der Waals surface area contributed by atoms with Crippen LogP contribution in [0.2, 0.25) is 0 Å². The van der Waals surface area contributed by atoms with Crippen molar-refractivity contribution >= 4 is 27.4 Å². The SMILES string of the molecule is COc1ccc(CCC(=O)Nc2ccc(S(=O)(=O)Nc3ccccn3)cc2)cc1OC. The van der Waals surface area contributed by atoms with Crippen LogP contribution in [-0.2, 0) is 21.2 Å². The molecule has 3 aromatic rings. The molecular weight excluding hydrogens is 418 g/mol. The van der Waals surface area contributed by atoms with Gasteiger partial charge < -0.3 is 14.8 Å². The van der Waals surface area contributed by atoms with Crippen molar-refractivity contribution in [2.45, 2.75) is 17.7 Å². The van der Waals surface area contributed by atoms with Gasteiger partial charge in [0.05, 0.1) is 19.1 Å². The number of benzene rings is 2. The Morgan fingerprint density at radius 3 is 2.35 bits per heavy atom. The predicted molar refractivity (Wildman–Crippen MR) is 118 cm³/mol. The summed E-state index contributed by atoms with van der Waals surface area (Å²) in [5.74, 6) is 1.28. The molecule has 0 unspecified atom stereocenters. The molecule has 3 rings (SSSR count). The zero-order valence-electron chi connectivity index (χ0n) is 17.2. The van der Waals surface area contributed by atoms with E-state index < -0.39 is 10.0 Å². The first-order chi connectivity index (χ1) is 14.9. The molecule has 0 saturated carbocycles. The fourth-order valence-electron chi connectivity index (χ4n) is 2.85. The van der Waals surface area contributed by atoms with E-state index in [4.69, 9.17) is 9.47 Å². The minimum atomic E-state index is -3.76. The van der Waals surface area contributed by atoms with Crippen molar-refractivity contribution in [2.24, 2.45) is 0 Å². The van der Waals surface area contributed by atoms with Gasteiger partial charge in [-0.15, -0.1) is 0 Å². The van der Waals surface area contributed by atoms with E-state index in [0.717, 1.165) is 5.56 Å². The van der Waals surface area contributed by atoms with Gasteiger partial charge in [0.15, 0.2) is 11.5 Å². The van der Waals surface area contributed by atoms with Gasteiger partial charge in [-0.2, -0.15) is 0 Å². The lowest BCUT2D eigenvalue weighted by Crippen LogP contribution is -2.15. The minimum absolute atomic E-state index is 0.0708. The quantitative estimate of drug-likeness (QED) is 0.527. The number of nitrogens with one attached hydrogen (secondary N) is 2. The number of ether oxygens (including phenoxy) is 2. The maximum absolute atomic E-state index is 12.4. The van der Waals surface area contributed by atoms with Crippen LogP contribution in [0, 0.1) is 0 Å². The Hall–Kier alpha value is -3.59. The zero-order valence-corrected chi connectivity index (χ0v) is 18.0. The summed E-state index contributed by atoms with van der Waals surface area (Å²) in [4.78, 5) is 16.3. The van der Waals surface area contributed by atoms with Gasteiger partial charge in [-0.1, -0.05) is 12.1 Å². The smallest absolute Gasteiger partial charge is 0.263 e. The third-order valence-corrected chi connectivity index (χ3v) is 5.81. The summed E-state index contributed by atoms with van der Waals surface area (Å²) in [6.45, 7) is 0. The lowest BCUT2D eigenvalue weighted by Gasteiger charge is -2.10. The Morgan fingerprint density at radius 2 is 1.71 bits per heavy atom. The van der Waals surface area contributed by atoms with E-state index in [1.54, 1.807) is 50.6 Å². The van der Waals surface area contributed by atoms with Crippen molar-refractivity contribution in [1.29, 1.82) is 0 Å². The van der Waals surface area contributed by atoms with Crippen LogP contribution in [0.3, 0.4) is 0 Å². The molecule has 0 spiro atoms. The number of hydrogen-bond donors (Lipinski definition) is 2. The molecule has 0 radical (unpaired) electrons. The number of anilines is 2. The molecule has 9 heteroatoms. The molecule has 0 aliphatic heterocycles. The average molecular weight is 442 g/mol. The van der Waals surface area contributed by atoms with Gasteiger partial charge in [-0.25, -0.2) is 13.4 Å². The van der Waals surface area contributed by atoms with E-state index in [1.807, 2.05) is 12.1 Å². The highest BCUT2D eigenvalue weighted by atomic mass is 32.2. The molecule has 1 heterocycles. The van der Waals surface area contributed by atoms with Gasteiger partial charge in [0.25, 0.3) is 10.0 Å². The number of pyridine rings is 1. The van der Waals surface area contributed by atoms with E-state index in [9.17, 15) is 13.2 Å². The molecule has 1 aromatic heterocycles. The number of aromatic nitrogens is 1. The first-order valence-electron chi connectivity index (χ1n) is 9.46. The number of aryl methyl sites for hydroxylation is 1. The Morgan fingerprint density at radius 1 is 0.968 bits per heavy atom. The summed E-state index contributed by atoms with van der Waals surface area (Å²) < 4.78 is 37.8. The molecule has 2 N–H and O–H groups in total. The van der Waals surface area contributed by atoms with E-state index in [0.29, 0.717) is 23.6 Å².